The Morgan fingerprint density at radius 1 is 1.41 bits per heavy atom. The maximum Gasteiger partial charge on any atom is 0.241 e. The van der Waals surface area contributed by atoms with Crippen molar-refractivity contribution in [3.05, 3.63) is 36.0 Å². The topological polar surface area (TPSA) is 92.8 Å². The van der Waals surface area contributed by atoms with E-state index in [4.69, 9.17) is 4.74 Å². The third kappa shape index (κ3) is 3.90. The molecule has 1 amide bonds. The lowest BCUT2D eigenvalue weighted by Gasteiger charge is -2.05. The first-order valence-corrected chi connectivity index (χ1v) is 6.91. The number of nitrogens with one attached hydrogen (secondary N) is 1. The number of aromatic nitrogens is 3. The van der Waals surface area contributed by atoms with Gasteiger partial charge in [-0.05, 0) is 6.42 Å². The minimum absolute atomic E-state index is 0.0320. The van der Waals surface area contributed by atoms with Gasteiger partial charge in [-0.25, -0.2) is 4.68 Å². The van der Waals surface area contributed by atoms with Crippen molar-refractivity contribution in [1.82, 2.24) is 20.3 Å². The van der Waals surface area contributed by atoms with Gasteiger partial charge in [-0.1, -0.05) is 35.5 Å². The summed E-state index contributed by atoms with van der Waals surface area (Å²) in [6.07, 6.45) is 0.736. The average molecular weight is 299 g/mol. The number of ether oxygens (including phenoxy) is 1. The van der Waals surface area contributed by atoms with Crippen LogP contribution in [0.1, 0.15) is 12.1 Å². The first-order chi connectivity index (χ1) is 10.8. The van der Waals surface area contributed by atoms with Gasteiger partial charge in [0.2, 0.25) is 5.91 Å². The SMILES string of the molecule is COCCCNC(=O)Cn1nnc(-c2ccccc2)c1C#N. The first kappa shape index (κ1) is 15.7. The van der Waals surface area contributed by atoms with Crippen molar-refractivity contribution in [3.63, 3.8) is 0 Å². The van der Waals surface area contributed by atoms with Crippen LogP contribution in [0.25, 0.3) is 11.3 Å². The summed E-state index contributed by atoms with van der Waals surface area (Å²) in [7, 11) is 1.61. The van der Waals surface area contributed by atoms with Crippen LogP contribution in [-0.2, 0) is 16.1 Å². The minimum Gasteiger partial charge on any atom is -0.385 e. The van der Waals surface area contributed by atoms with E-state index in [1.165, 1.54) is 4.68 Å². The molecule has 0 saturated heterocycles. The molecular weight excluding hydrogens is 282 g/mol. The van der Waals surface area contributed by atoms with E-state index < -0.39 is 0 Å². The van der Waals surface area contributed by atoms with Gasteiger partial charge in [-0.3, -0.25) is 4.79 Å². The van der Waals surface area contributed by atoms with Crippen molar-refractivity contribution >= 4 is 5.91 Å². The van der Waals surface area contributed by atoms with Crippen molar-refractivity contribution < 1.29 is 9.53 Å². The number of methoxy groups -OCH3 is 1. The van der Waals surface area contributed by atoms with E-state index in [2.05, 4.69) is 21.7 Å². The molecular formula is C15H17N5O2. The van der Waals surface area contributed by atoms with Gasteiger partial charge >= 0.3 is 0 Å². The lowest BCUT2D eigenvalue weighted by Crippen LogP contribution is -2.29. The van der Waals surface area contributed by atoms with Crippen LogP contribution in [0.15, 0.2) is 30.3 Å². The summed E-state index contributed by atoms with van der Waals surface area (Å²) < 4.78 is 6.22. The number of hydrogen-bond donors (Lipinski definition) is 1. The lowest BCUT2D eigenvalue weighted by molar-refractivity contribution is -0.121. The van der Waals surface area contributed by atoms with Crippen LogP contribution >= 0.6 is 0 Å². The molecule has 7 heteroatoms. The van der Waals surface area contributed by atoms with E-state index in [-0.39, 0.29) is 18.1 Å². The number of hydrogen-bond acceptors (Lipinski definition) is 5. The van der Waals surface area contributed by atoms with Crippen LogP contribution in [0.4, 0.5) is 0 Å². The highest BCUT2D eigenvalue weighted by atomic mass is 16.5. The predicted octanol–water partition coefficient (Wildman–Crippen LogP) is 0.969. The van der Waals surface area contributed by atoms with Crippen LogP contribution in [0, 0.1) is 11.3 Å². The molecule has 2 aromatic rings. The lowest BCUT2D eigenvalue weighted by atomic mass is 10.1. The Kier molecular flexibility index (Phi) is 5.63. The minimum atomic E-state index is -0.211. The molecule has 1 N–H and O–H groups in total. The number of carbonyl (C=O) groups excluding carboxylic acids is 1. The highest BCUT2D eigenvalue weighted by Gasteiger charge is 2.16. The number of benzene rings is 1. The Labute approximate surface area is 128 Å². The fourth-order valence-corrected chi connectivity index (χ4v) is 1.96. The summed E-state index contributed by atoms with van der Waals surface area (Å²) in [5, 5.41) is 20.0. The average Bonchev–Trinajstić information content (AvgIpc) is 2.95. The maximum atomic E-state index is 11.8. The maximum absolute atomic E-state index is 11.8. The predicted molar refractivity (Wildman–Crippen MR) is 79.7 cm³/mol. The van der Waals surface area contributed by atoms with Gasteiger partial charge in [-0.15, -0.1) is 5.10 Å². The molecule has 0 bridgehead atoms. The molecule has 0 radical (unpaired) electrons. The van der Waals surface area contributed by atoms with Crippen LogP contribution in [-0.4, -0.2) is 41.2 Å². The van der Waals surface area contributed by atoms with Crippen molar-refractivity contribution in [2.24, 2.45) is 0 Å². The summed E-state index contributed by atoms with van der Waals surface area (Å²) in [4.78, 5) is 11.8. The molecule has 1 aromatic heterocycles. The number of carbonyl (C=O) groups is 1. The molecule has 0 aliphatic carbocycles. The monoisotopic (exact) mass is 299 g/mol. The van der Waals surface area contributed by atoms with E-state index in [1.54, 1.807) is 7.11 Å². The molecule has 0 saturated carbocycles. The van der Waals surface area contributed by atoms with Crippen LogP contribution in [0.2, 0.25) is 0 Å². The van der Waals surface area contributed by atoms with Gasteiger partial charge in [0.1, 0.15) is 18.3 Å². The Balaban J connectivity index is 2.05. The second-order valence-electron chi connectivity index (χ2n) is 4.62. The molecule has 22 heavy (non-hydrogen) atoms. The Bertz CT molecular complexity index is 660. The van der Waals surface area contributed by atoms with Crippen LogP contribution in [0.5, 0.6) is 0 Å². The van der Waals surface area contributed by atoms with Gasteiger partial charge in [0.15, 0.2) is 5.69 Å². The number of nitriles is 1. The summed E-state index contributed by atoms with van der Waals surface area (Å²) in [6, 6.07) is 11.4. The number of nitrogens with zero attached hydrogens (tertiary/aromatic N) is 4. The Hall–Kier alpha value is -2.72. The fraction of sp³-hybridized carbons (Fsp3) is 0.333. The second kappa shape index (κ2) is 7.90. The van der Waals surface area contributed by atoms with Gasteiger partial charge in [-0.2, -0.15) is 5.26 Å². The molecule has 0 aliphatic rings. The zero-order valence-corrected chi connectivity index (χ0v) is 12.3. The van der Waals surface area contributed by atoms with Crippen molar-refractivity contribution in [2.75, 3.05) is 20.3 Å². The normalized spacial score (nSPS) is 10.2. The Morgan fingerprint density at radius 3 is 2.86 bits per heavy atom. The van der Waals surface area contributed by atoms with E-state index in [0.717, 1.165) is 12.0 Å². The zero-order chi connectivity index (χ0) is 15.8. The smallest absolute Gasteiger partial charge is 0.241 e. The largest absolute Gasteiger partial charge is 0.385 e. The molecule has 0 unspecified atom stereocenters. The zero-order valence-electron chi connectivity index (χ0n) is 12.3. The summed E-state index contributed by atoms with van der Waals surface area (Å²) in [6.45, 7) is 1.08. The van der Waals surface area contributed by atoms with Crippen LogP contribution < -0.4 is 5.32 Å². The van der Waals surface area contributed by atoms with Crippen molar-refractivity contribution in [2.45, 2.75) is 13.0 Å². The standard InChI is InChI=1S/C15H17N5O2/c1-22-9-5-8-17-14(21)11-20-13(10-16)15(18-19-20)12-6-3-2-4-7-12/h2-4,6-7H,5,8-9,11H2,1H3,(H,17,21). The van der Waals surface area contributed by atoms with Gasteiger partial charge in [0, 0.05) is 25.8 Å². The van der Waals surface area contributed by atoms with E-state index >= 15 is 0 Å². The third-order valence-corrected chi connectivity index (χ3v) is 3.03. The highest BCUT2D eigenvalue weighted by Crippen LogP contribution is 2.19. The molecule has 2 rings (SSSR count). The van der Waals surface area contributed by atoms with E-state index in [0.29, 0.717) is 18.8 Å². The molecule has 0 aliphatic heterocycles. The summed E-state index contributed by atoms with van der Waals surface area (Å²) in [5.41, 5.74) is 1.55. The van der Waals surface area contributed by atoms with Gasteiger partial charge in [0.05, 0.1) is 0 Å². The van der Waals surface area contributed by atoms with Crippen molar-refractivity contribution in [1.29, 1.82) is 5.26 Å². The number of amides is 1. The number of rotatable bonds is 7. The molecule has 1 heterocycles. The molecule has 7 nitrogen and oxygen atoms in total. The highest BCUT2D eigenvalue weighted by molar-refractivity contribution is 5.76. The Morgan fingerprint density at radius 2 is 2.18 bits per heavy atom. The molecule has 1 aromatic carbocycles. The van der Waals surface area contributed by atoms with E-state index in [9.17, 15) is 10.1 Å². The van der Waals surface area contributed by atoms with E-state index in [1.807, 2.05) is 30.3 Å². The van der Waals surface area contributed by atoms with Gasteiger partial charge in [0.25, 0.3) is 0 Å². The first-order valence-electron chi connectivity index (χ1n) is 6.91. The quantitative estimate of drug-likeness (QED) is 0.769. The summed E-state index contributed by atoms with van der Waals surface area (Å²) >= 11 is 0. The second-order valence-corrected chi connectivity index (χ2v) is 4.62. The molecule has 0 fully saturated rings. The third-order valence-electron chi connectivity index (χ3n) is 3.03. The summed E-state index contributed by atoms with van der Waals surface area (Å²) in [5.74, 6) is -0.211. The molecule has 114 valence electrons. The molecule has 0 atom stereocenters. The molecule has 0 spiro atoms. The van der Waals surface area contributed by atoms with Gasteiger partial charge < -0.3 is 10.1 Å². The van der Waals surface area contributed by atoms with Crippen LogP contribution in [0.3, 0.4) is 0 Å². The fourth-order valence-electron chi connectivity index (χ4n) is 1.96. The van der Waals surface area contributed by atoms with Crippen molar-refractivity contribution in [3.8, 4) is 17.3 Å².